The molecule has 16 heavy (non-hydrogen) atoms. The molecule has 1 aliphatic heterocycles. The molecule has 4 nitrogen and oxygen atoms in total. The lowest BCUT2D eigenvalue weighted by atomic mass is 9.89. The monoisotopic (exact) mass is 228 g/mol. The van der Waals surface area contributed by atoms with Crippen molar-refractivity contribution in [3.05, 3.63) is 0 Å². The summed E-state index contributed by atoms with van der Waals surface area (Å²) in [6, 6.07) is 0. The fourth-order valence-electron chi connectivity index (χ4n) is 1.33. The molecule has 0 N–H and O–H groups in total. The maximum Gasteiger partial charge on any atom is 0.313 e. The van der Waals surface area contributed by atoms with E-state index in [4.69, 9.17) is 9.47 Å². The van der Waals surface area contributed by atoms with E-state index in [2.05, 4.69) is 0 Å². The van der Waals surface area contributed by atoms with Crippen molar-refractivity contribution in [2.24, 2.45) is 11.3 Å². The van der Waals surface area contributed by atoms with Gasteiger partial charge in [0.25, 0.3) is 0 Å². The van der Waals surface area contributed by atoms with E-state index in [0.29, 0.717) is 6.42 Å². The summed E-state index contributed by atoms with van der Waals surface area (Å²) in [6.45, 7) is 9.22. The molecule has 0 aliphatic carbocycles. The molecule has 0 saturated carbocycles. The van der Waals surface area contributed by atoms with Gasteiger partial charge in [0.15, 0.2) is 5.60 Å². The average Bonchev–Trinajstić information content (AvgIpc) is 2.46. The number of ether oxygens (including phenoxy) is 2. The predicted octanol–water partition coefficient (Wildman–Crippen LogP) is 1.92. The summed E-state index contributed by atoms with van der Waals surface area (Å²) in [4.78, 5) is 23.2. The SMILES string of the molecule is CCC(C)(C)C(=O)O[C@]1(C)COC(=O)[C@H]1C. The van der Waals surface area contributed by atoms with Gasteiger partial charge in [0.05, 0.1) is 11.3 Å². The van der Waals surface area contributed by atoms with Crippen LogP contribution in [0, 0.1) is 11.3 Å². The summed E-state index contributed by atoms with van der Waals surface area (Å²) in [5, 5.41) is 0. The van der Waals surface area contributed by atoms with Crippen LogP contribution in [0.2, 0.25) is 0 Å². The molecular weight excluding hydrogens is 208 g/mol. The van der Waals surface area contributed by atoms with E-state index in [1.807, 2.05) is 20.8 Å². The minimum atomic E-state index is -0.819. The number of esters is 2. The van der Waals surface area contributed by atoms with E-state index >= 15 is 0 Å². The molecule has 2 atom stereocenters. The fraction of sp³-hybridized carbons (Fsp3) is 0.833. The smallest absolute Gasteiger partial charge is 0.313 e. The van der Waals surface area contributed by atoms with Gasteiger partial charge in [0.2, 0.25) is 0 Å². The molecule has 1 fully saturated rings. The van der Waals surface area contributed by atoms with Gasteiger partial charge in [0, 0.05) is 0 Å². The Morgan fingerprint density at radius 3 is 2.56 bits per heavy atom. The lowest BCUT2D eigenvalue weighted by Gasteiger charge is -2.30. The molecule has 0 aromatic rings. The normalized spacial score (nSPS) is 30.1. The van der Waals surface area contributed by atoms with Crippen molar-refractivity contribution in [3.8, 4) is 0 Å². The topological polar surface area (TPSA) is 52.6 Å². The highest BCUT2D eigenvalue weighted by atomic mass is 16.6. The molecule has 0 aromatic carbocycles. The summed E-state index contributed by atoms with van der Waals surface area (Å²) >= 11 is 0. The van der Waals surface area contributed by atoms with Crippen molar-refractivity contribution in [2.75, 3.05) is 6.61 Å². The molecular formula is C12H20O4. The van der Waals surface area contributed by atoms with Crippen molar-refractivity contribution in [1.29, 1.82) is 0 Å². The Labute approximate surface area is 96.3 Å². The molecule has 0 radical (unpaired) electrons. The van der Waals surface area contributed by atoms with E-state index in [9.17, 15) is 9.59 Å². The maximum absolute atomic E-state index is 11.9. The van der Waals surface area contributed by atoms with Gasteiger partial charge < -0.3 is 9.47 Å². The van der Waals surface area contributed by atoms with Gasteiger partial charge in [-0.1, -0.05) is 6.92 Å². The van der Waals surface area contributed by atoms with Gasteiger partial charge in [-0.2, -0.15) is 0 Å². The van der Waals surface area contributed by atoms with Crippen molar-refractivity contribution in [1.82, 2.24) is 0 Å². The number of carbonyl (C=O) groups excluding carboxylic acids is 2. The number of hydrogen-bond donors (Lipinski definition) is 0. The van der Waals surface area contributed by atoms with Crippen LogP contribution in [0.4, 0.5) is 0 Å². The first-order valence-electron chi connectivity index (χ1n) is 5.63. The van der Waals surface area contributed by atoms with Crippen LogP contribution in [0.1, 0.15) is 41.0 Å². The zero-order valence-electron chi connectivity index (χ0n) is 10.6. The van der Waals surface area contributed by atoms with Crippen LogP contribution >= 0.6 is 0 Å². The molecule has 92 valence electrons. The number of rotatable bonds is 3. The van der Waals surface area contributed by atoms with Crippen LogP contribution in [0.25, 0.3) is 0 Å². The summed E-state index contributed by atoms with van der Waals surface area (Å²) in [7, 11) is 0. The van der Waals surface area contributed by atoms with Crippen LogP contribution in [-0.4, -0.2) is 24.1 Å². The maximum atomic E-state index is 11.9. The zero-order chi connectivity index (χ0) is 12.6. The van der Waals surface area contributed by atoms with E-state index in [0.717, 1.165) is 0 Å². The summed E-state index contributed by atoms with van der Waals surface area (Å²) in [5.41, 5.74) is -1.34. The zero-order valence-corrected chi connectivity index (χ0v) is 10.6. The Kier molecular flexibility index (Phi) is 3.31. The Balaban J connectivity index is 2.75. The average molecular weight is 228 g/mol. The number of hydrogen-bond acceptors (Lipinski definition) is 4. The molecule has 1 aliphatic rings. The van der Waals surface area contributed by atoms with Crippen molar-refractivity contribution < 1.29 is 19.1 Å². The van der Waals surface area contributed by atoms with Gasteiger partial charge in [-0.05, 0) is 34.1 Å². The van der Waals surface area contributed by atoms with Crippen molar-refractivity contribution in [3.63, 3.8) is 0 Å². The molecule has 0 bridgehead atoms. The molecule has 0 amide bonds. The minimum absolute atomic E-state index is 0.151. The second-order valence-electron chi connectivity index (χ2n) is 5.27. The van der Waals surface area contributed by atoms with Crippen LogP contribution in [0.5, 0.6) is 0 Å². The van der Waals surface area contributed by atoms with Crippen LogP contribution in [0.15, 0.2) is 0 Å². The van der Waals surface area contributed by atoms with Crippen molar-refractivity contribution in [2.45, 2.75) is 46.6 Å². The van der Waals surface area contributed by atoms with E-state index in [1.54, 1.807) is 13.8 Å². The van der Waals surface area contributed by atoms with Crippen LogP contribution in [-0.2, 0) is 19.1 Å². The van der Waals surface area contributed by atoms with Gasteiger partial charge in [0.1, 0.15) is 6.61 Å². The second kappa shape index (κ2) is 4.07. The Bertz CT molecular complexity index is 308. The first kappa shape index (κ1) is 13.0. The Hall–Kier alpha value is -1.06. The highest BCUT2D eigenvalue weighted by Crippen LogP contribution is 2.33. The third-order valence-electron chi connectivity index (χ3n) is 3.53. The molecule has 0 unspecified atom stereocenters. The number of carbonyl (C=O) groups is 2. The third kappa shape index (κ3) is 2.20. The first-order valence-corrected chi connectivity index (χ1v) is 5.63. The quantitative estimate of drug-likeness (QED) is 0.692. The van der Waals surface area contributed by atoms with E-state index in [-0.39, 0.29) is 18.5 Å². The highest BCUT2D eigenvalue weighted by molar-refractivity contribution is 5.79. The van der Waals surface area contributed by atoms with Crippen molar-refractivity contribution >= 4 is 11.9 Å². The van der Waals surface area contributed by atoms with Gasteiger partial charge in [-0.3, -0.25) is 9.59 Å². The summed E-state index contributed by atoms with van der Waals surface area (Å²) in [6.07, 6.45) is 0.700. The lowest BCUT2D eigenvalue weighted by molar-refractivity contribution is -0.172. The molecule has 0 spiro atoms. The van der Waals surface area contributed by atoms with Crippen LogP contribution < -0.4 is 0 Å². The van der Waals surface area contributed by atoms with Gasteiger partial charge in [-0.15, -0.1) is 0 Å². The molecule has 1 rings (SSSR count). The second-order valence-corrected chi connectivity index (χ2v) is 5.27. The largest absolute Gasteiger partial charge is 0.461 e. The standard InChI is InChI=1S/C12H20O4/c1-6-11(3,4)10(14)16-12(5)7-15-9(13)8(12)2/h8H,6-7H2,1-5H3/t8-,12-/m1/s1. The molecule has 1 saturated heterocycles. The third-order valence-corrected chi connectivity index (χ3v) is 3.53. The minimum Gasteiger partial charge on any atom is -0.461 e. The summed E-state index contributed by atoms with van der Waals surface area (Å²) in [5.74, 6) is -0.976. The molecule has 1 heterocycles. The highest BCUT2D eigenvalue weighted by Gasteiger charge is 2.48. The molecule has 0 aromatic heterocycles. The summed E-state index contributed by atoms with van der Waals surface area (Å²) < 4.78 is 10.4. The fourth-order valence-corrected chi connectivity index (χ4v) is 1.33. The van der Waals surface area contributed by atoms with E-state index < -0.39 is 16.9 Å². The lowest BCUT2D eigenvalue weighted by Crippen LogP contribution is -2.42. The predicted molar refractivity (Wildman–Crippen MR) is 58.7 cm³/mol. The Morgan fingerprint density at radius 1 is 1.62 bits per heavy atom. The van der Waals surface area contributed by atoms with Crippen LogP contribution in [0.3, 0.4) is 0 Å². The Morgan fingerprint density at radius 2 is 2.19 bits per heavy atom. The van der Waals surface area contributed by atoms with E-state index in [1.165, 1.54) is 0 Å². The van der Waals surface area contributed by atoms with Gasteiger partial charge >= 0.3 is 11.9 Å². The first-order chi connectivity index (χ1) is 7.23. The van der Waals surface area contributed by atoms with Gasteiger partial charge in [-0.25, -0.2) is 0 Å². The number of cyclic esters (lactones) is 1. The molecule has 4 heteroatoms.